The van der Waals surface area contributed by atoms with Gasteiger partial charge in [-0.25, -0.2) is 0 Å². The second-order valence-electron chi connectivity index (χ2n) is 5.66. The van der Waals surface area contributed by atoms with Crippen LogP contribution in [0.15, 0.2) is 12.2 Å². The van der Waals surface area contributed by atoms with E-state index in [2.05, 4.69) is 5.32 Å². The number of rotatable bonds is 9. The first-order valence-corrected chi connectivity index (χ1v) is 7.45. The number of imide groups is 1. The number of primary amides is 1. The zero-order valence-corrected chi connectivity index (χ0v) is 13.0. The molecule has 122 valence electrons. The normalized spacial score (nSPS) is 15.5. The molecule has 22 heavy (non-hydrogen) atoms. The van der Waals surface area contributed by atoms with Crippen molar-refractivity contribution in [2.45, 2.75) is 45.6 Å². The van der Waals surface area contributed by atoms with Gasteiger partial charge in [0.15, 0.2) is 0 Å². The SMILES string of the molecule is CC(C)C(NC(=O)CCCCCN1C(=O)C=CC1=O)C(N)=O. The second-order valence-corrected chi connectivity index (χ2v) is 5.66. The van der Waals surface area contributed by atoms with E-state index in [-0.39, 0.29) is 30.1 Å². The van der Waals surface area contributed by atoms with E-state index in [1.807, 2.05) is 13.8 Å². The van der Waals surface area contributed by atoms with E-state index >= 15 is 0 Å². The van der Waals surface area contributed by atoms with Crippen molar-refractivity contribution in [1.29, 1.82) is 0 Å². The molecule has 0 bridgehead atoms. The molecule has 0 saturated carbocycles. The minimum absolute atomic E-state index is 0.0545. The molecule has 0 spiro atoms. The topological polar surface area (TPSA) is 110 Å². The molecule has 0 aliphatic carbocycles. The number of unbranched alkanes of at least 4 members (excludes halogenated alkanes) is 2. The predicted octanol–water partition coefficient (Wildman–Crippen LogP) is 0.0979. The van der Waals surface area contributed by atoms with Crippen LogP contribution in [0.25, 0.3) is 0 Å². The third-order valence-electron chi connectivity index (χ3n) is 3.48. The van der Waals surface area contributed by atoms with Crippen molar-refractivity contribution in [3.63, 3.8) is 0 Å². The molecule has 0 radical (unpaired) electrons. The molecular weight excluding hydrogens is 286 g/mol. The van der Waals surface area contributed by atoms with Crippen molar-refractivity contribution in [2.24, 2.45) is 11.7 Å². The predicted molar refractivity (Wildman–Crippen MR) is 80.3 cm³/mol. The van der Waals surface area contributed by atoms with Crippen LogP contribution < -0.4 is 11.1 Å². The molecule has 7 nitrogen and oxygen atoms in total. The molecule has 0 aromatic heterocycles. The lowest BCUT2D eigenvalue weighted by atomic mass is 10.0. The molecular formula is C15H23N3O4. The summed E-state index contributed by atoms with van der Waals surface area (Å²) in [6, 6.07) is -0.654. The van der Waals surface area contributed by atoms with E-state index in [1.165, 1.54) is 17.1 Å². The minimum Gasteiger partial charge on any atom is -0.368 e. The Morgan fingerprint density at radius 2 is 1.73 bits per heavy atom. The maximum atomic E-state index is 11.7. The van der Waals surface area contributed by atoms with Crippen molar-refractivity contribution in [1.82, 2.24) is 10.2 Å². The summed E-state index contributed by atoms with van der Waals surface area (Å²) in [7, 11) is 0. The molecule has 1 unspecified atom stereocenters. The van der Waals surface area contributed by atoms with Gasteiger partial charge in [0.1, 0.15) is 6.04 Å². The lowest BCUT2D eigenvalue weighted by molar-refractivity contribution is -0.137. The fourth-order valence-electron chi connectivity index (χ4n) is 2.20. The van der Waals surface area contributed by atoms with Crippen LogP contribution in [0.5, 0.6) is 0 Å². The molecule has 1 aliphatic rings. The highest BCUT2D eigenvalue weighted by molar-refractivity contribution is 6.12. The van der Waals surface area contributed by atoms with Gasteiger partial charge in [0.05, 0.1) is 0 Å². The molecule has 0 aromatic carbocycles. The zero-order chi connectivity index (χ0) is 16.7. The van der Waals surface area contributed by atoms with Gasteiger partial charge in [-0.05, 0) is 18.8 Å². The monoisotopic (exact) mass is 309 g/mol. The zero-order valence-electron chi connectivity index (χ0n) is 13.0. The highest BCUT2D eigenvalue weighted by Gasteiger charge is 2.23. The number of nitrogens with zero attached hydrogens (tertiary/aromatic N) is 1. The number of carbonyl (C=O) groups is 4. The van der Waals surface area contributed by atoms with Gasteiger partial charge in [0.2, 0.25) is 11.8 Å². The lowest BCUT2D eigenvalue weighted by Crippen LogP contribution is -2.47. The minimum atomic E-state index is -0.654. The van der Waals surface area contributed by atoms with Crippen molar-refractivity contribution in [3.05, 3.63) is 12.2 Å². The van der Waals surface area contributed by atoms with Gasteiger partial charge in [-0.3, -0.25) is 24.1 Å². The third-order valence-corrected chi connectivity index (χ3v) is 3.48. The molecule has 1 heterocycles. The Morgan fingerprint density at radius 1 is 1.14 bits per heavy atom. The Labute approximate surface area is 129 Å². The Morgan fingerprint density at radius 3 is 2.23 bits per heavy atom. The quantitative estimate of drug-likeness (QED) is 0.465. The van der Waals surface area contributed by atoms with Gasteiger partial charge in [-0.15, -0.1) is 0 Å². The molecule has 1 rings (SSSR count). The highest BCUT2D eigenvalue weighted by Crippen LogP contribution is 2.08. The van der Waals surface area contributed by atoms with Crippen molar-refractivity contribution < 1.29 is 19.2 Å². The largest absolute Gasteiger partial charge is 0.368 e. The average Bonchev–Trinajstić information content (AvgIpc) is 2.75. The standard InChI is InChI=1S/C15H23N3O4/c1-10(2)14(15(16)22)17-11(19)6-4-3-5-9-18-12(20)7-8-13(18)21/h7-8,10,14H,3-6,9H2,1-2H3,(H2,16,22)(H,17,19). The molecule has 3 N–H and O–H groups in total. The van der Waals surface area contributed by atoms with E-state index in [0.29, 0.717) is 25.8 Å². The average molecular weight is 309 g/mol. The van der Waals surface area contributed by atoms with Crippen LogP contribution in [0.2, 0.25) is 0 Å². The van der Waals surface area contributed by atoms with Crippen LogP contribution >= 0.6 is 0 Å². The van der Waals surface area contributed by atoms with Crippen LogP contribution in [-0.4, -0.2) is 41.1 Å². The summed E-state index contributed by atoms with van der Waals surface area (Å²) in [6.07, 6.45) is 4.79. The summed E-state index contributed by atoms with van der Waals surface area (Å²) in [5.74, 6) is -1.39. The highest BCUT2D eigenvalue weighted by atomic mass is 16.2. The van der Waals surface area contributed by atoms with Crippen LogP contribution in [-0.2, 0) is 19.2 Å². The van der Waals surface area contributed by atoms with E-state index < -0.39 is 11.9 Å². The maximum Gasteiger partial charge on any atom is 0.253 e. The van der Waals surface area contributed by atoms with Crippen molar-refractivity contribution >= 4 is 23.6 Å². The van der Waals surface area contributed by atoms with Crippen molar-refractivity contribution in [2.75, 3.05) is 6.54 Å². The number of nitrogens with one attached hydrogen (secondary N) is 1. The number of hydrogen-bond acceptors (Lipinski definition) is 4. The summed E-state index contributed by atoms with van der Waals surface area (Å²) >= 11 is 0. The summed E-state index contributed by atoms with van der Waals surface area (Å²) in [4.78, 5) is 46.7. The first kappa shape index (κ1) is 17.9. The summed E-state index contributed by atoms with van der Waals surface area (Å²) in [5.41, 5.74) is 5.23. The fraction of sp³-hybridized carbons (Fsp3) is 0.600. The van der Waals surface area contributed by atoms with Crippen LogP contribution in [0.4, 0.5) is 0 Å². The van der Waals surface area contributed by atoms with E-state index in [1.54, 1.807) is 0 Å². The third kappa shape index (κ3) is 5.31. The molecule has 7 heteroatoms. The summed E-state index contributed by atoms with van der Waals surface area (Å²) < 4.78 is 0. The molecule has 4 amide bonds. The Hall–Kier alpha value is -2.18. The van der Waals surface area contributed by atoms with Crippen molar-refractivity contribution in [3.8, 4) is 0 Å². The maximum absolute atomic E-state index is 11.7. The van der Waals surface area contributed by atoms with Gasteiger partial charge in [-0.1, -0.05) is 20.3 Å². The molecule has 1 aliphatic heterocycles. The molecule has 1 atom stereocenters. The molecule has 0 aromatic rings. The Balaban J connectivity index is 2.19. The Kier molecular flexibility index (Phi) is 6.75. The molecule has 0 fully saturated rings. The van der Waals surface area contributed by atoms with Gasteiger partial charge >= 0.3 is 0 Å². The van der Waals surface area contributed by atoms with Gasteiger partial charge in [0.25, 0.3) is 11.8 Å². The van der Waals surface area contributed by atoms with E-state index in [0.717, 1.165) is 0 Å². The van der Waals surface area contributed by atoms with E-state index in [4.69, 9.17) is 5.73 Å². The summed E-state index contributed by atoms with van der Waals surface area (Å²) in [6.45, 7) is 3.99. The number of carbonyl (C=O) groups excluding carboxylic acids is 4. The smallest absolute Gasteiger partial charge is 0.253 e. The first-order valence-electron chi connectivity index (χ1n) is 7.45. The number of nitrogens with two attached hydrogens (primary N) is 1. The Bertz CT molecular complexity index is 467. The summed E-state index contributed by atoms with van der Waals surface area (Å²) in [5, 5.41) is 2.62. The fourth-order valence-corrected chi connectivity index (χ4v) is 2.20. The van der Waals surface area contributed by atoms with E-state index in [9.17, 15) is 19.2 Å². The van der Waals surface area contributed by atoms with Gasteiger partial charge < -0.3 is 11.1 Å². The molecule has 0 saturated heterocycles. The second kappa shape index (κ2) is 8.31. The van der Waals surface area contributed by atoms with Crippen LogP contribution in [0.1, 0.15) is 39.5 Å². The van der Waals surface area contributed by atoms with Gasteiger partial charge in [0, 0.05) is 25.1 Å². The number of hydrogen-bond donors (Lipinski definition) is 2. The van der Waals surface area contributed by atoms with Crippen LogP contribution in [0, 0.1) is 5.92 Å². The lowest BCUT2D eigenvalue weighted by Gasteiger charge is -2.19. The van der Waals surface area contributed by atoms with Crippen LogP contribution in [0.3, 0.4) is 0 Å². The van der Waals surface area contributed by atoms with Gasteiger partial charge in [-0.2, -0.15) is 0 Å². The first-order chi connectivity index (χ1) is 10.3. The number of amides is 4.